The van der Waals surface area contributed by atoms with Crippen LogP contribution in [0.25, 0.3) is 0 Å². The largest absolute Gasteiger partial charge is 0.441 e. The van der Waals surface area contributed by atoms with Crippen LogP contribution in [0.15, 0.2) is 21.5 Å². The van der Waals surface area contributed by atoms with Gasteiger partial charge in [-0.05, 0) is 31.6 Å². The lowest BCUT2D eigenvalue weighted by molar-refractivity contribution is 0.353. The molecule has 1 aromatic heterocycles. The van der Waals surface area contributed by atoms with Crippen molar-refractivity contribution in [3.63, 3.8) is 0 Å². The van der Waals surface area contributed by atoms with Crippen LogP contribution in [0, 0.1) is 5.92 Å². The highest BCUT2D eigenvalue weighted by molar-refractivity contribution is 4.95. The summed E-state index contributed by atoms with van der Waals surface area (Å²) in [5.41, 5.74) is 0. The van der Waals surface area contributed by atoms with E-state index < -0.39 is 0 Å². The average molecular weight is 266 g/mol. The van der Waals surface area contributed by atoms with Crippen molar-refractivity contribution in [1.29, 1.82) is 0 Å². The van der Waals surface area contributed by atoms with Crippen LogP contribution in [0.2, 0.25) is 0 Å². The minimum Gasteiger partial charge on any atom is -0.296 e. The SMILES string of the molecule is C.CC(C)C/C=C/C[C@H]1CCCCc2noc(=O)n21. The second kappa shape index (κ2) is 7.31. The molecule has 0 spiro atoms. The van der Waals surface area contributed by atoms with Gasteiger partial charge in [-0.15, -0.1) is 0 Å². The number of aryl methyl sites for hydroxylation is 1. The molecular formula is C15H26N2O2. The molecule has 1 aliphatic heterocycles. The van der Waals surface area contributed by atoms with Crippen LogP contribution in [0.5, 0.6) is 0 Å². The molecule has 0 aromatic carbocycles. The number of hydrogen-bond donors (Lipinski definition) is 0. The summed E-state index contributed by atoms with van der Waals surface area (Å²) in [6.45, 7) is 4.41. The van der Waals surface area contributed by atoms with Gasteiger partial charge in [-0.25, -0.2) is 4.79 Å². The van der Waals surface area contributed by atoms with Crippen molar-refractivity contribution in [1.82, 2.24) is 9.72 Å². The second-order valence-electron chi connectivity index (χ2n) is 5.47. The van der Waals surface area contributed by atoms with Crippen LogP contribution >= 0.6 is 0 Å². The van der Waals surface area contributed by atoms with E-state index in [4.69, 9.17) is 4.52 Å². The molecule has 1 atom stereocenters. The van der Waals surface area contributed by atoms with E-state index >= 15 is 0 Å². The highest BCUT2D eigenvalue weighted by atomic mass is 16.5. The van der Waals surface area contributed by atoms with Gasteiger partial charge in [-0.1, -0.05) is 45.0 Å². The molecule has 0 radical (unpaired) electrons. The summed E-state index contributed by atoms with van der Waals surface area (Å²) in [6, 6.07) is 0.227. The zero-order valence-electron chi connectivity index (χ0n) is 11.3. The maximum Gasteiger partial charge on any atom is 0.441 e. The molecule has 0 fully saturated rings. The molecule has 19 heavy (non-hydrogen) atoms. The van der Waals surface area contributed by atoms with Crippen LogP contribution in [0.4, 0.5) is 0 Å². The van der Waals surface area contributed by atoms with Crippen molar-refractivity contribution in [3.8, 4) is 0 Å². The molecule has 1 aromatic rings. The Labute approximate surface area is 115 Å². The summed E-state index contributed by atoms with van der Waals surface area (Å²) in [5, 5.41) is 3.87. The maximum atomic E-state index is 11.7. The molecule has 0 saturated heterocycles. The first-order valence-electron chi connectivity index (χ1n) is 6.90. The summed E-state index contributed by atoms with van der Waals surface area (Å²) in [7, 11) is 0. The number of allylic oxidation sites excluding steroid dienone is 2. The van der Waals surface area contributed by atoms with Crippen molar-refractivity contribution in [3.05, 3.63) is 28.5 Å². The number of nitrogens with zero attached hydrogens (tertiary/aromatic N) is 2. The fourth-order valence-electron chi connectivity index (χ4n) is 2.45. The zero-order valence-corrected chi connectivity index (χ0v) is 11.3. The van der Waals surface area contributed by atoms with Gasteiger partial charge in [-0.3, -0.25) is 9.09 Å². The number of aromatic nitrogens is 2. The van der Waals surface area contributed by atoms with Crippen molar-refractivity contribution in [2.45, 2.75) is 65.8 Å². The van der Waals surface area contributed by atoms with Crippen LogP contribution in [-0.2, 0) is 6.42 Å². The van der Waals surface area contributed by atoms with Crippen molar-refractivity contribution in [2.24, 2.45) is 5.92 Å². The fourth-order valence-corrected chi connectivity index (χ4v) is 2.45. The molecule has 0 unspecified atom stereocenters. The van der Waals surface area contributed by atoms with E-state index in [9.17, 15) is 4.79 Å². The van der Waals surface area contributed by atoms with Gasteiger partial charge in [0.15, 0.2) is 5.82 Å². The molecule has 2 rings (SSSR count). The molecular weight excluding hydrogens is 240 g/mol. The van der Waals surface area contributed by atoms with E-state index in [1.165, 1.54) is 0 Å². The van der Waals surface area contributed by atoms with Gasteiger partial charge in [0.2, 0.25) is 0 Å². The van der Waals surface area contributed by atoms with Crippen LogP contribution in [-0.4, -0.2) is 9.72 Å². The quantitative estimate of drug-likeness (QED) is 0.780. The second-order valence-corrected chi connectivity index (χ2v) is 5.47. The molecule has 0 aliphatic carbocycles. The van der Waals surface area contributed by atoms with Crippen molar-refractivity contribution >= 4 is 0 Å². The minimum atomic E-state index is -0.297. The molecule has 0 N–H and O–H groups in total. The predicted molar refractivity (Wildman–Crippen MR) is 77.3 cm³/mol. The smallest absolute Gasteiger partial charge is 0.296 e. The molecule has 2 heterocycles. The van der Waals surface area contributed by atoms with E-state index in [0.717, 1.165) is 44.3 Å². The monoisotopic (exact) mass is 266 g/mol. The van der Waals surface area contributed by atoms with Gasteiger partial charge in [0, 0.05) is 12.5 Å². The summed E-state index contributed by atoms with van der Waals surface area (Å²) in [6.07, 6.45) is 10.6. The number of rotatable bonds is 4. The number of fused-ring (bicyclic) bond motifs is 1. The third-order valence-electron chi connectivity index (χ3n) is 3.44. The van der Waals surface area contributed by atoms with E-state index in [-0.39, 0.29) is 19.2 Å². The number of hydrogen-bond acceptors (Lipinski definition) is 3. The lowest BCUT2D eigenvalue weighted by atomic mass is 10.1. The summed E-state index contributed by atoms with van der Waals surface area (Å²) < 4.78 is 6.54. The lowest BCUT2D eigenvalue weighted by Crippen LogP contribution is -2.21. The Morgan fingerprint density at radius 1 is 1.42 bits per heavy atom. The van der Waals surface area contributed by atoms with Gasteiger partial charge in [0.1, 0.15) is 0 Å². The molecule has 0 bridgehead atoms. The first-order valence-corrected chi connectivity index (χ1v) is 6.90. The fraction of sp³-hybridized carbons (Fsp3) is 0.733. The average Bonchev–Trinajstić information content (AvgIpc) is 2.58. The standard InChI is InChI=1S/C14H22N2O2.CH4/c1-11(2)7-3-4-8-12-9-5-6-10-13-15-18-14(17)16(12)13;/h3-4,11-12H,5-10H2,1-2H3;1H4/b4-3+;/t12-;/m0./s1. The van der Waals surface area contributed by atoms with E-state index in [1.807, 2.05) is 0 Å². The first kappa shape index (κ1) is 15.7. The Morgan fingerprint density at radius 2 is 2.21 bits per heavy atom. The normalized spacial score (nSPS) is 19.2. The van der Waals surface area contributed by atoms with E-state index in [2.05, 4.69) is 31.2 Å². The highest BCUT2D eigenvalue weighted by Crippen LogP contribution is 2.24. The molecule has 1 aliphatic rings. The predicted octanol–water partition coefficient (Wildman–Crippen LogP) is 3.73. The highest BCUT2D eigenvalue weighted by Gasteiger charge is 2.21. The van der Waals surface area contributed by atoms with E-state index in [0.29, 0.717) is 5.92 Å². The molecule has 4 nitrogen and oxygen atoms in total. The molecule has 108 valence electrons. The van der Waals surface area contributed by atoms with Crippen molar-refractivity contribution in [2.75, 3.05) is 0 Å². The Balaban J connectivity index is 0.00000180. The third kappa shape index (κ3) is 4.08. The minimum absolute atomic E-state index is 0. The Morgan fingerprint density at radius 3 is 2.95 bits per heavy atom. The van der Waals surface area contributed by atoms with Gasteiger partial charge in [0.05, 0.1) is 0 Å². The molecule has 4 heteroatoms. The maximum absolute atomic E-state index is 11.7. The summed E-state index contributed by atoms with van der Waals surface area (Å²) >= 11 is 0. The van der Waals surface area contributed by atoms with Gasteiger partial charge in [0.25, 0.3) is 0 Å². The zero-order chi connectivity index (χ0) is 13.0. The van der Waals surface area contributed by atoms with Gasteiger partial charge in [-0.2, -0.15) is 0 Å². The lowest BCUT2D eigenvalue weighted by Gasteiger charge is -2.13. The molecule has 0 amide bonds. The Hall–Kier alpha value is -1.32. The summed E-state index contributed by atoms with van der Waals surface area (Å²) in [5.74, 6) is 1.21. The topological polar surface area (TPSA) is 48.0 Å². The van der Waals surface area contributed by atoms with Gasteiger partial charge >= 0.3 is 5.76 Å². The van der Waals surface area contributed by atoms with Crippen LogP contribution in [0.3, 0.4) is 0 Å². The third-order valence-corrected chi connectivity index (χ3v) is 3.44. The van der Waals surface area contributed by atoms with Gasteiger partial charge < -0.3 is 0 Å². The van der Waals surface area contributed by atoms with Crippen LogP contribution < -0.4 is 5.76 Å². The first-order chi connectivity index (χ1) is 8.68. The Kier molecular flexibility index (Phi) is 6.06. The molecule has 0 saturated carbocycles. The van der Waals surface area contributed by atoms with E-state index in [1.54, 1.807) is 4.57 Å². The summed E-state index contributed by atoms with van der Waals surface area (Å²) in [4.78, 5) is 11.7. The Bertz CT molecular complexity index is 457. The van der Waals surface area contributed by atoms with Crippen LogP contribution in [0.1, 0.15) is 65.2 Å². The van der Waals surface area contributed by atoms with Crippen molar-refractivity contribution < 1.29 is 4.52 Å².